The molecule has 0 N–H and O–H groups in total. The third kappa shape index (κ3) is 10.8. The summed E-state index contributed by atoms with van der Waals surface area (Å²) in [5.41, 5.74) is 3.65. The zero-order valence-corrected chi connectivity index (χ0v) is 14.6. The molecule has 0 aromatic heterocycles. The second-order valence-corrected chi connectivity index (χ2v) is 4.69. The van der Waals surface area contributed by atoms with E-state index in [2.05, 4.69) is 55.7 Å². The Morgan fingerprint density at radius 3 is 1.75 bits per heavy atom. The molecule has 0 saturated heterocycles. The van der Waals surface area contributed by atoms with Crippen LogP contribution >= 0.6 is 0 Å². The van der Waals surface area contributed by atoms with Crippen molar-refractivity contribution in [2.75, 3.05) is 6.61 Å². The highest BCUT2D eigenvalue weighted by atomic mass is 16.5. The van der Waals surface area contributed by atoms with Gasteiger partial charge in [-0.1, -0.05) is 92.0 Å². The lowest BCUT2D eigenvalue weighted by Crippen LogP contribution is -1.97. The second kappa shape index (κ2) is 13.8. The fourth-order valence-electron chi connectivity index (χ4n) is 1.49. The third-order valence-electron chi connectivity index (χ3n) is 2.80. The molecule has 24 heavy (non-hydrogen) atoms. The molecule has 2 rings (SSSR count). The van der Waals surface area contributed by atoms with Crippen LogP contribution in [-0.2, 0) is 9.53 Å². The topological polar surface area (TPSA) is 26.3 Å². The summed E-state index contributed by atoms with van der Waals surface area (Å²) < 4.78 is 4.43. The summed E-state index contributed by atoms with van der Waals surface area (Å²) in [6.07, 6.45) is 4.82. The molecular weight excluding hydrogens is 296 g/mol. The number of benzene rings is 2. The highest BCUT2D eigenvalue weighted by Crippen LogP contribution is 2.02. The van der Waals surface area contributed by atoms with Crippen LogP contribution in [0.25, 0.3) is 12.2 Å². The van der Waals surface area contributed by atoms with Gasteiger partial charge in [-0.25, -0.2) is 4.79 Å². The average molecular weight is 322 g/mol. The molecule has 0 unspecified atom stereocenters. The van der Waals surface area contributed by atoms with E-state index in [0.29, 0.717) is 6.61 Å². The van der Waals surface area contributed by atoms with Crippen molar-refractivity contribution >= 4 is 18.1 Å². The first-order chi connectivity index (χ1) is 11.6. The molecule has 0 spiro atoms. The highest BCUT2D eigenvalue weighted by molar-refractivity contribution is 5.81. The van der Waals surface area contributed by atoms with E-state index >= 15 is 0 Å². The summed E-state index contributed by atoms with van der Waals surface area (Å²) in [6.45, 7) is 14.7. The lowest BCUT2D eigenvalue weighted by molar-refractivity contribution is -0.137. The largest absolute Gasteiger partial charge is 0.463 e. The Kier molecular flexibility index (Phi) is 12.1. The minimum atomic E-state index is -0.359. The van der Waals surface area contributed by atoms with Gasteiger partial charge in [0.25, 0.3) is 0 Å². The Morgan fingerprint density at radius 1 is 0.917 bits per heavy atom. The first-order valence-corrected chi connectivity index (χ1v) is 7.73. The van der Waals surface area contributed by atoms with Gasteiger partial charge in [0, 0.05) is 6.08 Å². The van der Waals surface area contributed by atoms with E-state index in [1.54, 1.807) is 6.92 Å². The minimum absolute atomic E-state index is 0.359. The molecule has 0 aliphatic carbocycles. The molecule has 0 aliphatic heterocycles. The molecule has 0 radical (unpaired) electrons. The molecular formula is C22H26O2. The molecule has 0 saturated carbocycles. The first-order valence-electron chi connectivity index (χ1n) is 7.73. The molecule has 0 aliphatic rings. The summed E-state index contributed by atoms with van der Waals surface area (Å²) >= 11 is 0. The number of hydrogen-bond donors (Lipinski definition) is 0. The van der Waals surface area contributed by atoms with Crippen molar-refractivity contribution < 1.29 is 9.53 Å². The molecule has 2 heteroatoms. The van der Waals surface area contributed by atoms with Gasteiger partial charge in [-0.05, 0) is 25.0 Å². The van der Waals surface area contributed by atoms with Crippen molar-refractivity contribution in [2.24, 2.45) is 0 Å². The average Bonchev–Trinajstić information content (AvgIpc) is 2.64. The van der Waals surface area contributed by atoms with Crippen molar-refractivity contribution in [3.05, 3.63) is 97.1 Å². The number of esters is 1. The van der Waals surface area contributed by atoms with E-state index in [4.69, 9.17) is 0 Å². The number of rotatable bonds is 4. The lowest BCUT2D eigenvalue weighted by Gasteiger charge is -1.91. The number of carbonyl (C=O) groups excluding carboxylic acids is 1. The number of aryl methyl sites for hydroxylation is 1. The van der Waals surface area contributed by atoms with Crippen LogP contribution in [0.2, 0.25) is 0 Å². The van der Waals surface area contributed by atoms with E-state index in [9.17, 15) is 4.79 Å². The zero-order valence-electron chi connectivity index (χ0n) is 14.6. The predicted molar refractivity (Wildman–Crippen MR) is 105 cm³/mol. The second-order valence-electron chi connectivity index (χ2n) is 4.69. The van der Waals surface area contributed by atoms with Crippen LogP contribution in [0, 0.1) is 6.92 Å². The van der Waals surface area contributed by atoms with E-state index in [-0.39, 0.29) is 5.97 Å². The Labute approximate surface area is 145 Å². The maximum atomic E-state index is 10.1. The van der Waals surface area contributed by atoms with Crippen LogP contribution in [0.5, 0.6) is 0 Å². The number of carbonyl (C=O) groups is 1. The molecule has 2 aromatic carbocycles. The van der Waals surface area contributed by atoms with Gasteiger partial charge >= 0.3 is 5.97 Å². The standard InChI is InChI=1S/C9H10.C8H8.C5H8O2/c1-3-9-6-4-8(2)5-7-9;1-2-8-6-4-3-5-7-8;1-3-5(6)7-4-2/h3-7H,1H2,2H3;2-7H,1H2;3H,1,4H2,2H3. The van der Waals surface area contributed by atoms with Crippen molar-refractivity contribution in [1.82, 2.24) is 0 Å². The Balaban J connectivity index is 0.000000334. The van der Waals surface area contributed by atoms with Crippen LogP contribution < -0.4 is 0 Å². The molecule has 0 atom stereocenters. The summed E-state index contributed by atoms with van der Waals surface area (Å²) in [5.74, 6) is -0.359. The van der Waals surface area contributed by atoms with Crippen LogP contribution in [0.3, 0.4) is 0 Å². The fourth-order valence-corrected chi connectivity index (χ4v) is 1.49. The molecule has 0 bridgehead atoms. The summed E-state index contributed by atoms with van der Waals surface area (Å²) in [4.78, 5) is 10.1. The molecule has 2 aromatic rings. The van der Waals surface area contributed by atoms with E-state index in [0.717, 1.165) is 6.08 Å². The van der Waals surface area contributed by atoms with Gasteiger partial charge in [-0.15, -0.1) is 0 Å². The van der Waals surface area contributed by atoms with Gasteiger partial charge in [0.15, 0.2) is 0 Å². The zero-order chi connectivity index (χ0) is 18.2. The maximum Gasteiger partial charge on any atom is 0.330 e. The van der Waals surface area contributed by atoms with Crippen LogP contribution in [-0.4, -0.2) is 12.6 Å². The molecule has 126 valence electrons. The van der Waals surface area contributed by atoms with E-state index in [1.807, 2.05) is 42.5 Å². The minimum Gasteiger partial charge on any atom is -0.463 e. The van der Waals surface area contributed by atoms with Crippen molar-refractivity contribution in [3.63, 3.8) is 0 Å². The van der Waals surface area contributed by atoms with Crippen LogP contribution in [0.1, 0.15) is 23.6 Å². The van der Waals surface area contributed by atoms with Gasteiger partial charge in [-0.3, -0.25) is 0 Å². The van der Waals surface area contributed by atoms with Gasteiger partial charge < -0.3 is 4.74 Å². The van der Waals surface area contributed by atoms with Gasteiger partial charge in [0.1, 0.15) is 0 Å². The van der Waals surface area contributed by atoms with Crippen LogP contribution in [0.4, 0.5) is 0 Å². The lowest BCUT2D eigenvalue weighted by atomic mass is 10.2. The van der Waals surface area contributed by atoms with E-state index < -0.39 is 0 Å². The number of ether oxygens (including phenoxy) is 1. The van der Waals surface area contributed by atoms with Crippen molar-refractivity contribution in [3.8, 4) is 0 Å². The summed E-state index contributed by atoms with van der Waals surface area (Å²) in [5, 5.41) is 0. The summed E-state index contributed by atoms with van der Waals surface area (Å²) in [6, 6.07) is 18.3. The smallest absolute Gasteiger partial charge is 0.330 e. The van der Waals surface area contributed by atoms with Crippen molar-refractivity contribution in [1.29, 1.82) is 0 Å². The predicted octanol–water partition coefficient (Wildman–Crippen LogP) is 5.70. The quantitative estimate of drug-likeness (QED) is 0.533. The van der Waals surface area contributed by atoms with Crippen molar-refractivity contribution in [2.45, 2.75) is 13.8 Å². The third-order valence-corrected chi connectivity index (χ3v) is 2.80. The first kappa shape index (κ1) is 21.1. The molecule has 0 heterocycles. The highest BCUT2D eigenvalue weighted by Gasteiger charge is 1.86. The Morgan fingerprint density at radius 2 is 1.42 bits per heavy atom. The Hall–Kier alpha value is -2.87. The van der Waals surface area contributed by atoms with Gasteiger partial charge in [0.2, 0.25) is 0 Å². The van der Waals surface area contributed by atoms with Gasteiger partial charge in [-0.2, -0.15) is 0 Å². The molecule has 0 amide bonds. The van der Waals surface area contributed by atoms with Crippen LogP contribution in [0.15, 0.2) is 80.4 Å². The fraction of sp³-hybridized carbons (Fsp3) is 0.136. The SMILES string of the molecule is C=CC(=O)OCC.C=Cc1ccc(C)cc1.C=Cc1ccccc1. The summed E-state index contributed by atoms with van der Waals surface area (Å²) in [7, 11) is 0. The maximum absolute atomic E-state index is 10.1. The Bertz CT molecular complexity index is 610. The molecule has 0 fully saturated rings. The number of hydrogen-bond acceptors (Lipinski definition) is 2. The van der Waals surface area contributed by atoms with E-state index in [1.165, 1.54) is 16.7 Å². The normalized spacial score (nSPS) is 8.42. The molecule has 2 nitrogen and oxygen atoms in total. The monoisotopic (exact) mass is 322 g/mol. The van der Waals surface area contributed by atoms with Gasteiger partial charge in [0.05, 0.1) is 6.61 Å².